The molecule has 0 spiro atoms. The molecule has 0 aromatic heterocycles. The maximum Gasteiger partial charge on any atom is 0.241 e. The SMILES string of the molecule is CC(C)C1NC(C)N(CC(C)(C)S(C)(=O)=O)C1=O. The molecule has 0 saturated carbocycles. The number of hydrogen-bond donors (Lipinski definition) is 1. The molecular formula is C12H24N2O3S. The predicted octanol–water partition coefficient (Wildman–Crippen LogP) is 0.612. The van der Waals surface area contributed by atoms with Crippen LogP contribution in [0.1, 0.15) is 34.6 Å². The lowest BCUT2D eigenvalue weighted by atomic mass is 10.0. The van der Waals surface area contributed by atoms with E-state index in [1.165, 1.54) is 6.26 Å². The highest BCUT2D eigenvalue weighted by Gasteiger charge is 2.42. The fourth-order valence-corrected chi connectivity index (χ4v) is 2.38. The van der Waals surface area contributed by atoms with Crippen molar-refractivity contribution >= 4 is 15.7 Å². The Morgan fingerprint density at radius 3 is 2.22 bits per heavy atom. The van der Waals surface area contributed by atoms with Gasteiger partial charge < -0.3 is 4.90 Å². The Balaban J connectivity index is 2.90. The van der Waals surface area contributed by atoms with Crippen LogP contribution in [0.2, 0.25) is 0 Å². The van der Waals surface area contributed by atoms with Crippen LogP contribution in [0.15, 0.2) is 0 Å². The van der Waals surface area contributed by atoms with Crippen molar-refractivity contribution in [2.24, 2.45) is 5.92 Å². The molecule has 1 fully saturated rings. The van der Waals surface area contributed by atoms with Gasteiger partial charge in [-0.2, -0.15) is 0 Å². The average Bonchev–Trinajstić information content (AvgIpc) is 2.43. The maximum atomic E-state index is 12.2. The lowest BCUT2D eigenvalue weighted by Crippen LogP contribution is -2.48. The van der Waals surface area contributed by atoms with Crippen LogP contribution in [0.5, 0.6) is 0 Å². The molecule has 1 amide bonds. The normalized spacial score (nSPS) is 26.2. The van der Waals surface area contributed by atoms with Crippen molar-refractivity contribution in [2.45, 2.75) is 51.6 Å². The van der Waals surface area contributed by atoms with Gasteiger partial charge >= 0.3 is 0 Å². The van der Waals surface area contributed by atoms with Gasteiger partial charge in [-0.15, -0.1) is 0 Å². The third-order valence-corrected chi connectivity index (χ3v) is 5.80. The Bertz CT molecular complexity index is 429. The van der Waals surface area contributed by atoms with Crippen molar-refractivity contribution in [3.63, 3.8) is 0 Å². The fourth-order valence-electron chi connectivity index (χ4n) is 2.01. The molecular weight excluding hydrogens is 252 g/mol. The highest BCUT2D eigenvalue weighted by Crippen LogP contribution is 2.23. The molecule has 1 heterocycles. The highest BCUT2D eigenvalue weighted by atomic mass is 32.2. The number of carbonyl (C=O) groups is 1. The van der Waals surface area contributed by atoms with Crippen LogP contribution in [0.4, 0.5) is 0 Å². The van der Waals surface area contributed by atoms with E-state index in [2.05, 4.69) is 5.32 Å². The molecule has 2 unspecified atom stereocenters. The second-order valence-electron chi connectivity index (χ2n) is 6.06. The Morgan fingerprint density at radius 2 is 1.89 bits per heavy atom. The zero-order valence-corrected chi connectivity index (χ0v) is 12.8. The van der Waals surface area contributed by atoms with Crippen molar-refractivity contribution < 1.29 is 13.2 Å². The molecule has 0 aromatic carbocycles. The molecule has 1 saturated heterocycles. The number of hydrogen-bond acceptors (Lipinski definition) is 4. The molecule has 0 radical (unpaired) electrons. The third kappa shape index (κ3) is 2.85. The molecule has 1 N–H and O–H groups in total. The standard InChI is InChI=1S/C12H24N2O3S/c1-8(2)10-11(15)14(9(3)13-10)7-12(4,5)18(6,16)17/h8-10,13H,7H2,1-6H3. The van der Waals surface area contributed by atoms with E-state index in [0.717, 1.165) is 0 Å². The van der Waals surface area contributed by atoms with Crippen LogP contribution in [0.25, 0.3) is 0 Å². The molecule has 18 heavy (non-hydrogen) atoms. The Morgan fingerprint density at radius 1 is 1.39 bits per heavy atom. The van der Waals surface area contributed by atoms with Crippen LogP contribution < -0.4 is 5.32 Å². The van der Waals surface area contributed by atoms with Crippen molar-refractivity contribution in [3.05, 3.63) is 0 Å². The van der Waals surface area contributed by atoms with E-state index < -0.39 is 14.6 Å². The van der Waals surface area contributed by atoms with Gasteiger partial charge in [0.05, 0.1) is 17.0 Å². The second-order valence-corrected chi connectivity index (χ2v) is 8.71. The third-order valence-electron chi connectivity index (χ3n) is 3.66. The zero-order chi connectivity index (χ0) is 14.3. The predicted molar refractivity (Wildman–Crippen MR) is 71.9 cm³/mol. The minimum Gasteiger partial charge on any atom is -0.325 e. The van der Waals surface area contributed by atoms with Crippen LogP contribution in [0.3, 0.4) is 0 Å². The number of sulfone groups is 1. The van der Waals surface area contributed by atoms with E-state index in [9.17, 15) is 13.2 Å². The number of nitrogens with zero attached hydrogens (tertiary/aromatic N) is 1. The van der Waals surface area contributed by atoms with Crippen molar-refractivity contribution in [2.75, 3.05) is 12.8 Å². The van der Waals surface area contributed by atoms with Gasteiger partial charge in [-0.1, -0.05) is 13.8 Å². The Kier molecular flexibility index (Phi) is 4.13. The summed E-state index contributed by atoms with van der Waals surface area (Å²) in [6.07, 6.45) is 1.09. The molecule has 0 aliphatic carbocycles. The summed E-state index contributed by atoms with van der Waals surface area (Å²) in [5.74, 6) is 0.195. The first-order chi connectivity index (χ1) is 7.97. The number of amides is 1. The molecule has 5 nitrogen and oxygen atoms in total. The van der Waals surface area contributed by atoms with Gasteiger partial charge in [0.1, 0.15) is 0 Å². The summed E-state index contributed by atoms with van der Waals surface area (Å²) in [6.45, 7) is 9.39. The van der Waals surface area contributed by atoms with E-state index in [1.807, 2.05) is 20.8 Å². The van der Waals surface area contributed by atoms with Crippen molar-refractivity contribution in [1.82, 2.24) is 10.2 Å². The lowest BCUT2D eigenvalue weighted by molar-refractivity contribution is -0.130. The summed E-state index contributed by atoms with van der Waals surface area (Å²) in [6, 6.07) is -0.213. The first-order valence-electron chi connectivity index (χ1n) is 6.23. The highest BCUT2D eigenvalue weighted by molar-refractivity contribution is 7.92. The van der Waals surface area contributed by atoms with Crippen LogP contribution in [-0.4, -0.2) is 49.0 Å². The Hall–Kier alpha value is -0.620. The summed E-state index contributed by atoms with van der Waals surface area (Å²) in [7, 11) is -3.20. The van der Waals surface area contributed by atoms with Gasteiger partial charge in [0.15, 0.2) is 9.84 Å². The molecule has 1 rings (SSSR count). The van der Waals surface area contributed by atoms with Gasteiger partial charge in [0.2, 0.25) is 5.91 Å². The van der Waals surface area contributed by atoms with Crippen molar-refractivity contribution in [1.29, 1.82) is 0 Å². The molecule has 1 aliphatic rings. The summed E-state index contributed by atoms with van der Waals surface area (Å²) in [5, 5.41) is 3.21. The zero-order valence-electron chi connectivity index (χ0n) is 12.0. The fraction of sp³-hybridized carbons (Fsp3) is 0.917. The summed E-state index contributed by atoms with van der Waals surface area (Å²) in [5.41, 5.74) is 0. The van der Waals surface area contributed by atoms with Gasteiger partial charge in [0, 0.05) is 12.8 Å². The van der Waals surface area contributed by atoms with Crippen LogP contribution in [-0.2, 0) is 14.6 Å². The second kappa shape index (κ2) is 4.81. The van der Waals surface area contributed by atoms with Crippen molar-refractivity contribution in [3.8, 4) is 0 Å². The van der Waals surface area contributed by atoms with Gasteiger partial charge in [0.25, 0.3) is 0 Å². The maximum absolute atomic E-state index is 12.2. The number of nitrogens with one attached hydrogen (secondary N) is 1. The average molecular weight is 276 g/mol. The summed E-state index contributed by atoms with van der Waals surface area (Å²) < 4.78 is 22.5. The monoisotopic (exact) mass is 276 g/mol. The van der Waals surface area contributed by atoms with Gasteiger partial charge in [-0.3, -0.25) is 10.1 Å². The Labute approximate surface area is 110 Å². The first kappa shape index (κ1) is 15.4. The first-order valence-corrected chi connectivity index (χ1v) is 8.12. The summed E-state index contributed by atoms with van der Waals surface area (Å²) >= 11 is 0. The number of rotatable bonds is 4. The molecule has 1 aliphatic heterocycles. The van der Waals surface area contributed by atoms with E-state index in [0.29, 0.717) is 0 Å². The van der Waals surface area contributed by atoms with Gasteiger partial charge in [-0.25, -0.2) is 8.42 Å². The summed E-state index contributed by atoms with van der Waals surface area (Å²) in [4.78, 5) is 13.9. The lowest BCUT2D eigenvalue weighted by Gasteiger charge is -2.30. The van der Waals surface area contributed by atoms with E-state index in [1.54, 1.807) is 18.7 Å². The smallest absolute Gasteiger partial charge is 0.241 e. The van der Waals surface area contributed by atoms with Crippen LogP contribution >= 0.6 is 0 Å². The molecule has 2 atom stereocenters. The van der Waals surface area contributed by atoms with E-state index in [4.69, 9.17) is 0 Å². The van der Waals surface area contributed by atoms with Gasteiger partial charge in [-0.05, 0) is 26.7 Å². The molecule has 106 valence electrons. The molecule has 0 aromatic rings. The topological polar surface area (TPSA) is 66.5 Å². The molecule has 6 heteroatoms. The minimum atomic E-state index is -3.20. The quantitative estimate of drug-likeness (QED) is 0.817. The van der Waals surface area contributed by atoms with Crippen LogP contribution in [0, 0.1) is 5.92 Å². The van der Waals surface area contributed by atoms with E-state index >= 15 is 0 Å². The molecule has 0 bridgehead atoms. The largest absolute Gasteiger partial charge is 0.325 e. The number of carbonyl (C=O) groups excluding carboxylic acids is 1. The minimum absolute atomic E-state index is 0.00535. The van der Waals surface area contributed by atoms with E-state index in [-0.39, 0.29) is 30.6 Å².